The lowest BCUT2D eigenvalue weighted by Crippen LogP contribution is -2.27. The zero-order valence-electron chi connectivity index (χ0n) is 10.7. The predicted molar refractivity (Wildman–Crippen MR) is 86.9 cm³/mol. The Labute approximate surface area is 126 Å². The van der Waals surface area contributed by atoms with E-state index in [4.69, 9.17) is 5.84 Å². The zero-order valence-corrected chi connectivity index (χ0v) is 13.2. The van der Waals surface area contributed by atoms with Gasteiger partial charge in [-0.2, -0.15) is 11.8 Å². The second-order valence-corrected chi connectivity index (χ2v) is 8.04. The van der Waals surface area contributed by atoms with Gasteiger partial charge in [0.15, 0.2) is 0 Å². The van der Waals surface area contributed by atoms with Gasteiger partial charge in [0.25, 0.3) is 0 Å². The highest BCUT2D eigenvalue weighted by atomic mass is 32.2. The molecule has 2 aromatic heterocycles. The number of nitrogens with two attached hydrogens (primary N) is 1. The van der Waals surface area contributed by atoms with Gasteiger partial charge in [0.05, 0.1) is 6.04 Å². The standard InChI is InChI=1S/C14H18N2S3/c15-16-12(4-3-11-2-1-6-18-11)14-8-10-9-17-7-5-13(10)19-14/h1-2,6,8,12,16H,3-5,7,9,15H2. The third-order valence-electron chi connectivity index (χ3n) is 3.45. The Morgan fingerprint density at radius 3 is 3.11 bits per heavy atom. The van der Waals surface area contributed by atoms with E-state index in [9.17, 15) is 0 Å². The maximum atomic E-state index is 5.76. The first-order valence-corrected chi connectivity index (χ1v) is 9.39. The van der Waals surface area contributed by atoms with Crippen LogP contribution in [0, 0.1) is 0 Å². The molecule has 0 spiro atoms. The average molecular weight is 311 g/mol. The first-order chi connectivity index (χ1) is 9.36. The number of nitrogens with one attached hydrogen (secondary N) is 1. The molecule has 1 aliphatic rings. The fourth-order valence-electron chi connectivity index (χ4n) is 2.39. The van der Waals surface area contributed by atoms with E-state index in [-0.39, 0.29) is 0 Å². The van der Waals surface area contributed by atoms with E-state index in [1.54, 1.807) is 4.88 Å². The lowest BCUT2D eigenvalue weighted by Gasteiger charge is -2.13. The van der Waals surface area contributed by atoms with Crippen LogP contribution in [0.1, 0.15) is 32.7 Å². The highest BCUT2D eigenvalue weighted by Gasteiger charge is 2.18. The van der Waals surface area contributed by atoms with Crippen LogP contribution < -0.4 is 11.3 Å². The number of hydrogen-bond acceptors (Lipinski definition) is 5. The Kier molecular flexibility index (Phi) is 4.61. The van der Waals surface area contributed by atoms with Crippen LogP contribution in [0.25, 0.3) is 0 Å². The zero-order chi connectivity index (χ0) is 13.1. The summed E-state index contributed by atoms with van der Waals surface area (Å²) in [6.07, 6.45) is 3.40. The highest BCUT2D eigenvalue weighted by Crippen LogP contribution is 2.35. The Balaban J connectivity index is 1.69. The fourth-order valence-corrected chi connectivity index (χ4v) is 5.59. The number of hydrazine groups is 1. The molecule has 1 atom stereocenters. The van der Waals surface area contributed by atoms with Crippen LogP contribution >= 0.6 is 34.4 Å². The number of rotatable bonds is 5. The molecule has 5 heteroatoms. The van der Waals surface area contributed by atoms with Crippen LogP contribution in [-0.2, 0) is 18.6 Å². The molecule has 0 aliphatic carbocycles. The summed E-state index contributed by atoms with van der Waals surface area (Å²) in [6, 6.07) is 6.98. The summed E-state index contributed by atoms with van der Waals surface area (Å²) in [5.74, 6) is 8.20. The fraction of sp³-hybridized carbons (Fsp3) is 0.429. The van der Waals surface area contributed by atoms with Crippen molar-refractivity contribution in [1.82, 2.24) is 5.43 Å². The molecule has 0 saturated carbocycles. The Morgan fingerprint density at radius 2 is 2.37 bits per heavy atom. The van der Waals surface area contributed by atoms with E-state index >= 15 is 0 Å². The molecule has 3 rings (SSSR count). The SMILES string of the molecule is NNC(CCc1cccs1)c1cc2c(s1)CCSC2. The number of hydrogen-bond donors (Lipinski definition) is 2. The highest BCUT2D eigenvalue weighted by molar-refractivity contribution is 7.98. The summed E-state index contributed by atoms with van der Waals surface area (Å²) >= 11 is 5.82. The quantitative estimate of drug-likeness (QED) is 0.653. The molecule has 0 fully saturated rings. The van der Waals surface area contributed by atoms with Crippen LogP contribution in [-0.4, -0.2) is 5.75 Å². The smallest absolute Gasteiger partial charge is 0.0556 e. The summed E-state index contributed by atoms with van der Waals surface area (Å²) < 4.78 is 0. The topological polar surface area (TPSA) is 38.0 Å². The third kappa shape index (κ3) is 3.23. The summed E-state index contributed by atoms with van der Waals surface area (Å²) in [4.78, 5) is 4.42. The van der Waals surface area contributed by atoms with Gasteiger partial charge in [0.2, 0.25) is 0 Å². The first-order valence-electron chi connectivity index (χ1n) is 6.54. The molecule has 1 aliphatic heterocycles. The molecule has 1 unspecified atom stereocenters. The van der Waals surface area contributed by atoms with Crippen molar-refractivity contribution in [1.29, 1.82) is 0 Å². The van der Waals surface area contributed by atoms with Gasteiger partial charge >= 0.3 is 0 Å². The first kappa shape index (κ1) is 13.6. The molecule has 0 saturated heterocycles. The van der Waals surface area contributed by atoms with E-state index in [2.05, 4.69) is 29.0 Å². The van der Waals surface area contributed by atoms with E-state index in [1.807, 2.05) is 34.4 Å². The average Bonchev–Trinajstić information content (AvgIpc) is 3.08. The molecule has 0 bridgehead atoms. The van der Waals surface area contributed by atoms with Crippen molar-refractivity contribution in [3.05, 3.63) is 43.8 Å². The van der Waals surface area contributed by atoms with Gasteiger partial charge < -0.3 is 0 Å². The molecule has 0 radical (unpaired) electrons. The van der Waals surface area contributed by atoms with Crippen molar-refractivity contribution in [2.45, 2.75) is 31.1 Å². The van der Waals surface area contributed by atoms with Gasteiger partial charge in [0, 0.05) is 20.4 Å². The summed E-state index contributed by atoms with van der Waals surface area (Å²) in [5, 5.41) is 2.14. The van der Waals surface area contributed by atoms with Crippen molar-refractivity contribution in [3.8, 4) is 0 Å². The van der Waals surface area contributed by atoms with Crippen molar-refractivity contribution < 1.29 is 0 Å². The molecular formula is C14H18N2S3. The van der Waals surface area contributed by atoms with Gasteiger partial charge in [0.1, 0.15) is 0 Å². The van der Waals surface area contributed by atoms with Gasteiger partial charge in [-0.05, 0) is 48.1 Å². The maximum Gasteiger partial charge on any atom is 0.0556 e. The van der Waals surface area contributed by atoms with Crippen LogP contribution in [0.5, 0.6) is 0 Å². The minimum atomic E-state index is 0.294. The molecular weight excluding hydrogens is 292 g/mol. The predicted octanol–water partition coefficient (Wildman–Crippen LogP) is 3.74. The van der Waals surface area contributed by atoms with Gasteiger partial charge in [-0.3, -0.25) is 11.3 Å². The second-order valence-electron chi connectivity index (χ2n) is 4.74. The van der Waals surface area contributed by atoms with Crippen molar-refractivity contribution in [2.75, 3.05) is 5.75 Å². The summed E-state index contributed by atoms with van der Waals surface area (Å²) in [5.41, 5.74) is 4.53. The van der Waals surface area contributed by atoms with E-state index in [1.165, 1.54) is 33.2 Å². The number of fused-ring (bicyclic) bond motifs is 1. The molecule has 2 nitrogen and oxygen atoms in total. The van der Waals surface area contributed by atoms with Crippen molar-refractivity contribution >= 4 is 34.4 Å². The number of thioether (sulfide) groups is 1. The van der Waals surface area contributed by atoms with Crippen LogP contribution in [0.2, 0.25) is 0 Å². The molecule has 102 valence electrons. The molecule has 3 heterocycles. The lowest BCUT2D eigenvalue weighted by atomic mass is 10.1. The van der Waals surface area contributed by atoms with Gasteiger partial charge in [-0.1, -0.05) is 6.07 Å². The summed E-state index contributed by atoms with van der Waals surface area (Å²) in [7, 11) is 0. The van der Waals surface area contributed by atoms with Crippen molar-refractivity contribution in [2.24, 2.45) is 5.84 Å². The van der Waals surface area contributed by atoms with Gasteiger partial charge in [-0.15, -0.1) is 22.7 Å². The minimum Gasteiger partial charge on any atom is -0.271 e. The van der Waals surface area contributed by atoms with Crippen molar-refractivity contribution in [3.63, 3.8) is 0 Å². The summed E-state index contributed by atoms with van der Waals surface area (Å²) in [6.45, 7) is 0. The van der Waals surface area contributed by atoms with E-state index in [0.717, 1.165) is 12.8 Å². The normalized spacial score (nSPS) is 16.3. The van der Waals surface area contributed by atoms with E-state index < -0.39 is 0 Å². The molecule has 3 N–H and O–H groups in total. The maximum absolute atomic E-state index is 5.76. The second kappa shape index (κ2) is 6.41. The van der Waals surface area contributed by atoms with Crippen LogP contribution in [0.4, 0.5) is 0 Å². The Hall–Kier alpha value is -0.330. The van der Waals surface area contributed by atoms with Gasteiger partial charge in [-0.25, -0.2) is 0 Å². The molecule has 0 amide bonds. The van der Waals surface area contributed by atoms with Crippen LogP contribution in [0.15, 0.2) is 23.6 Å². The Morgan fingerprint density at radius 1 is 1.42 bits per heavy atom. The Bertz CT molecular complexity index is 495. The molecule has 2 aromatic rings. The minimum absolute atomic E-state index is 0.294. The van der Waals surface area contributed by atoms with E-state index in [0.29, 0.717) is 6.04 Å². The van der Waals surface area contributed by atoms with Crippen LogP contribution in [0.3, 0.4) is 0 Å². The lowest BCUT2D eigenvalue weighted by molar-refractivity contribution is 0.526. The number of aryl methyl sites for hydroxylation is 2. The molecule has 19 heavy (non-hydrogen) atoms. The number of thiophene rings is 2. The monoisotopic (exact) mass is 310 g/mol. The molecule has 0 aromatic carbocycles. The largest absolute Gasteiger partial charge is 0.271 e. The third-order valence-corrected chi connectivity index (χ3v) is 6.75.